The van der Waals surface area contributed by atoms with E-state index in [4.69, 9.17) is 5.26 Å². The largest absolute Gasteiger partial charge is 0.341 e. The molecule has 0 radical (unpaired) electrons. The van der Waals surface area contributed by atoms with Crippen molar-refractivity contribution in [2.45, 2.75) is 25.3 Å². The highest BCUT2D eigenvalue weighted by atomic mass is 16.1. The fourth-order valence-electron chi connectivity index (χ4n) is 0.770. The Morgan fingerprint density at radius 1 is 1.67 bits per heavy atom. The maximum atomic E-state index is 10.3. The van der Waals surface area contributed by atoms with Crippen molar-refractivity contribution in [3.05, 3.63) is 0 Å². The molecule has 48 valence electrons. The SMILES string of the molecule is N#CC(=O)NC1CCC1. The normalized spacial score (nSPS) is 17.7. The predicted octanol–water partition coefficient (Wildman–Crippen LogP) is 0.179. The minimum atomic E-state index is -0.500. The van der Waals surface area contributed by atoms with Gasteiger partial charge in [0, 0.05) is 6.04 Å². The van der Waals surface area contributed by atoms with E-state index in [0.717, 1.165) is 12.8 Å². The van der Waals surface area contributed by atoms with Crippen LogP contribution in [0.2, 0.25) is 0 Å². The fourth-order valence-corrected chi connectivity index (χ4v) is 0.770. The maximum Gasteiger partial charge on any atom is 0.322 e. The number of carbonyl (C=O) groups is 1. The third kappa shape index (κ3) is 1.43. The van der Waals surface area contributed by atoms with Crippen molar-refractivity contribution in [2.24, 2.45) is 0 Å². The van der Waals surface area contributed by atoms with Crippen molar-refractivity contribution >= 4 is 5.91 Å². The summed E-state index contributed by atoms with van der Waals surface area (Å²) in [6.45, 7) is 0. The lowest BCUT2D eigenvalue weighted by molar-refractivity contribution is -0.117. The summed E-state index contributed by atoms with van der Waals surface area (Å²) in [5.41, 5.74) is 0. The molecule has 1 rings (SSSR count). The van der Waals surface area contributed by atoms with Crippen LogP contribution in [0.5, 0.6) is 0 Å². The van der Waals surface area contributed by atoms with E-state index in [1.165, 1.54) is 12.5 Å². The first-order valence-corrected chi connectivity index (χ1v) is 3.03. The van der Waals surface area contributed by atoms with Crippen LogP contribution in [-0.2, 0) is 4.79 Å². The second-order valence-electron chi connectivity index (χ2n) is 2.21. The number of amides is 1. The van der Waals surface area contributed by atoms with Crippen LogP contribution in [-0.4, -0.2) is 11.9 Å². The molecule has 1 amide bonds. The average molecular weight is 124 g/mol. The van der Waals surface area contributed by atoms with Crippen LogP contribution in [0.4, 0.5) is 0 Å². The molecular formula is C6H8N2O. The van der Waals surface area contributed by atoms with E-state index in [2.05, 4.69) is 5.32 Å². The van der Waals surface area contributed by atoms with Crippen molar-refractivity contribution in [3.63, 3.8) is 0 Å². The summed E-state index contributed by atoms with van der Waals surface area (Å²) in [4.78, 5) is 10.3. The van der Waals surface area contributed by atoms with Crippen LogP contribution in [0.25, 0.3) is 0 Å². The van der Waals surface area contributed by atoms with Gasteiger partial charge in [0.1, 0.15) is 0 Å². The van der Waals surface area contributed by atoms with Gasteiger partial charge in [0.25, 0.3) is 0 Å². The second-order valence-corrected chi connectivity index (χ2v) is 2.21. The molecule has 1 aliphatic carbocycles. The van der Waals surface area contributed by atoms with Crippen LogP contribution >= 0.6 is 0 Å². The Balaban J connectivity index is 2.18. The van der Waals surface area contributed by atoms with E-state index in [9.17, 15) is 4.79 Å². The monoisotopic (exact) mass is 124 g/mol. The van der Waals surface area contributed by atoms with Gasteiger partial charge >= 0.3 is 5.91 Å². The molecule has 9 heavy (non-hydrogen) atoms. The van der Waals surface area contributed by atoms with Gasteiger partial charge in [-0.3, -0.25) is 4.79 Å². The molecule has 1 aliphatic rings. The Hall–Kier alpha value is -1.04. The van der Waals surface area contributed by atoms with Gasteiger partial charge in [0.2, 0.25) is 0 Å². The number of nitriles is 1. The lowest BCUT2D eigenvalue weighted by Gasteiger charge is -2.24. The molecule has 3 nitrogen and oxygen atoms in total. The molecule has 1 saturated carbocycles. The van der Waals surface area contributed by atoms with Crippen molar-refractivity contribution in [1.29, 1.82) is 5.26 Å². The van der Waals surface area contributed by atoms with E-state index in [1.54, 1.807) is 0 Å². The molecule has 0 heterocycles. The van der Waals surface area contributed by atoms with Gasteiger partial charge in [-0.15, -0.1) is 0 Å². The molecule has 1 N–H and O–H groups in total. The molecule has 0 aromatic carbocycles. The van der Waals surface area contributed by atoms with Gasteiger partial charge in [-0.2, -0.15) is 5.26 Å². The minimum Gasteiger partial charge on any atom is -0.341 e. The molecular weight excluding hydrogens is 116 g/mol. The molecule has 0 aliphatic heterocycles. The van der Waals surface area contributed by atoms with E-state index in [1.807, 2.05) is 0 Å². The lowest BCUT2D eigenvalue weighted by Crippen LogP contribution is -2.38. The summed E-state index contributed by atoms with van der Waals surface area (Å²) >= 11 is 0. The first kappa shape index (κ1) is 6.09. The highest BCUT2D eigenvalue weighted by molar-refractivity contribution is 5.91. The van der Waals surface area contributed by atoms with Crippen LogP contribution in [0, 0.1) is 11.3 Å². The van der Waals surface area contributed by atoms with Crippen LogP contribution in [0.3, 0.4) is 0 Å². The van der Waals surface area contributed by atoms with E-state index in [-0.39, 0.29) is 6.04 Å². The van der Waals surface area contributed by atoms with Crippen molar-refractivity contribution in [2.75, 3.05) is 0 Å². The lowest BCUT2D eigenvalue weighted by atomic mass is 9.93. The highest BCUT2D eigenvalue weighted by Crippen LogP contribution is 2.17. The summed E-state index contributed by atoms with van der Waals surface area (Å²) in [5.74, 6) is -0.500. The topological polar surface area (TPSA) is 52.9 Å². The van der Waals surface area contributed by atoms with Gasteiger partial charge in [-0.25, -0.2) is 0 Å². The van der Waals surface area contributed by atoms with Gasteiger partial charge in [-0.05, 0) is 19.3 Å². The molecule has 0 aromatic rings. The minimum absolute atomic E-state index is 0.289. The highest BCUT2D eigenvalue weighted by Gasteiger charge is 2.18. The maximum absolute atomic E-state index is 10.3. The molecule has 0 bridgehead atoms. The summed E-state index contributed by atoms with van der Waals surface area (Å²) in [6, 6.07) is 1.80. The predicted molar refractivity (Wildman–Crippen MR) is 31.4 cm³/mol. The number of hydrogen-bond donors (Lipinski definition) is 1. The summed E-state index contributed by atoms with van der Waals surface area (Å²) in [7, 11) is 0. The third-order valence-electron chi connectivity index (χ3n) is 1.54. The Bertz CT molecular complexity index is 155. The van der Waals surface area contributed by atoms with Gasteiger partial charge in [0.05, 0.1) is 0 Å². The van der Waals surface area contributed by atoms with Crippen molar-refractivity contribution in [1.82, 2.24) is 5.32 Å². The molecule has 0 atom stereocenters. The van der Waals surface area contributed by atoms with E-state index < -0.39 is 5.91 Å². The summed E-state index contributed by atoms with van der Waals surface area (Å²) < 4.78 is 0. The summed E-state index contributed by atoms with van der Waals surface area (Å²) in [5, 5.41) is 10.6. The zero-order chi connectivity index (χ0) is 6.69. The first-order chi connectivity index (χ1) is 4.33. The second kappa shape index (κ2) is 2.49. The molecule has 0 aromatic heterocycles. The third-order valence-corrected chi connectivity index (χ3v) is 1.54. The van der Waals surface area contributed by atoms with Gasteiger partial charge in [-0.1, -0.05) is 0 Å². The zero-order valence-electron chi connectivity index (χ0n) is 5.05. The Labute approximate surface area is 53.7 Å². The molecule has 0 spiro atoms. The zero-order valence-corrected chi connectivity index (χ0v) is 5.05. The Morgan fingerprint density at radius 2 is 2.33 bits per heavy atom. The summed E-state index contributed by atoms with van der Waals surface area (Å²) in [6.07, 6.45) is 3.25. The van der Waals surface area contributed by atoms with Crippen molar-refractivity contribution in [3.8, 4) is 6.07 Å². The number of nitrogens with zero attached hydrogens (tertiary/aromatic N) is 1. The van der Waals surface area contributed by atoms with Crippen LogP contribution in [0.1, 0.15) is 19.3 Å². The number of nitrogens with one attached hydrogen (secondary N) is 1. The Morgan fingerprint density at radius 3 is 2.67 bits per heavy atom. The quantitative estimate of drug-likeness (QED) is 0.507. The first-order valence-electron chi connectivity index (χ1n) is 3.03. The van der Waals surface area contributed by atoms with Gasteiger partial charge in [0.15, 0.2) is 6.07 Å². The number of hydrogen-bond acceptors (Lipinski definition) is 2. The fraction of sp³-hybridized carbons (Fsp3) is 0.667. The standard InChI is InChI=1S/C6H8N2O/c7-4-6(9)8-5-2-1-3-5/h5H,1-3H2,(H,8,9). The Kier molecular flexibility index (Phi) is 1.69. The molecule has 0 saturated heterocycles. The average Bonchev–Trinajstić information content (AvgIpc) is 1.78. The van der Waals surface area contributed by atoms with Crippen LogP contribution < -0.4 is 5.32 Å². The number of rotatable bonds is 1. The van der Waals surface area contributed by atoms with Gasteiger partial charge < -0.3 is 5.32 Å². The molecule has 1 fully saturated rings. The van der Waals surface area contributed by atoms with Crippen LogP contribution in [0.15, 0.2) is 0 Å². The smallest absolute Gasteiger partial charge is 0.322 e. The molecule has 3 heteroatoms. The molecule has 0 unspecified atom stereocenters. The van der Waals surface area contributed by atoms with E-state index >= 15 is 0 Å². The van der Waals surface area contributed by atoms with Crippen molar-refractivity contribution < 1.29 is 4.79 Å². The van der Waals surface area contributed by atoms with E-state index in [0.29, 0.717) is 0 Å². The number of carbonyl (C=O) groups excluding carboxylic acids is 1.